The lowest BCUT2D eigenvalue weighted by atomic mass is 10.0. The molecule has 7 heteroatoms. The molecule has 0 spiro atoms. The molecule has 3 heterocycles. The Morgan fingerprint density at radius 1 is 1.08 bits per heavy atom. The van der Waals surface area contributed by atoms with Crippen molar-refractivity contribution >= 4 is 11.7 Å². The van der Waals surface area contributed by atoms with Crippen molar-refractivity contribution in [3.05, 3.63) is 30.6 Å². The number of piperazine rings is 1. The Morgan fingerprint density at radius 2 is 1.75 bits per heavy atom. The molecule has 0 atom stereocenters. The first-order valence-electron chi connectivity index (χ1n) is 8.60. The van der Waals surface area contributed by atoms with Crippen LogP contribution in [0.1, 0.15) is 26.7 Å². The summed E-state index contributed by atoms with van der Waals surface area (Å²) in [6.07, 6.45) is 5.38. The zero-order valence-corrected chi connectivity index (χ0v) is 14.3. The molecule has 2 aromatic rings. The molecule has 0 bridgehead atoms. The van der Waals surface area contributed by atoms with Crippen LogP contribution >= 0.6 is 0 Å². The van der Waals surface area contributed by atoms with Crippen molar-refractivity contribution in [2.75, 3.05) is 31.1 Å². The maximum Gasteiger partial charge on any atom is 0.225 e. The molecular weight excluding hydrogens is 304 g/mol. The third-order valence-corrected chi connectivity index (χ3v) is 4.63. The third-order valence-electron chi connectivity index (χ3n) is 4.63. The molecule has 1 amide bonds. The van der Waals surface area contributed by atoms with Gasteiger partial charge in [-0.3, -0.25) is 4.79 Å². The molecule has 1 fully saturated rings. The van der Waals surface area contributed by atoms with E-state index < -0.39 is 0 Å². The van der Waals surface area contributed by atoms with Crippen LogP contribution in [0.4, 0.5) is 5.82 Å². The summed E-state index contributed by atoms with van der Waals surface area (Å²) in [6, 6.07) is 5.73. The van der Waals surface area contributed by atoms with Crippen LogP contribution in [0.5, 0.6) is 0 Å². The Balaban J connectivity index is 1.59. The lowest BCUT2D eigenvalue weighted by Gasteiger charge is -2.36. The van der Waals surface area contributed by atoms with E-state index in [9.17, 15) is 4.79 Å². The van der Waals surface area contributed by atoms with Gasteiger partial charge in [0.2, 0.25) is 5.91 Å². The first kappa shape index (κ1) is 16.4. The molecule has 0 aliphatic carbocycles. The predicted octanol–water partition coefficient (Wildman–Crippen LogP) is 1.75. The number of rotatable bonds is 5. The first-order valence-corrected chi connectivity index (χ1v) is 8.60. The molecule has 1 saturated heterocycles. The molecule has 2 aromatic heterocycles. The average molecular weight is 328 g/mol. The van der Waals surface area contributed by atoms with E-state index in [1.165, 1.54) is 0 Å². The molecule has 0 aromatic carbocycles. The lowest BCUT2D eigenvalue weighted by Crippen LogP contribution is -2.50. The fraction of sp³-hybridized carbons (Fsp3) is 0.529. The summed E-state index contributed by atoms with van der Waals surface area (Å²) in [7, 11) is 0. The van der Waals surface area contributed by atoms with Crippen LogP contribution in [-0.2, 0) is 4.79 Å². The molecule has 0 radical (unpaired) electrons. The molecule has 3 rings (SSSR count). The largest absolute Gasteiger partial charge is 0.352 e. The number of hydrogen-bond acceptors (Lipinski definition) is 5. The van der Waals surface area contributed by atoms with Gasteiger partial charge in [0, 0.05) is 44.5 Å². The van der Waals surface area contributed by atoms with Crippen LogP contribution in [0.2, 0.25) is 0 Å². The summed E-state index contributed by atoms with van der Waals surface area (Å²) < 4.78 is 1.68. The van der Waals surface area contributed by atoms with Crippen molar-refractivity contribution in [3.8, 4) is 5.82 Å². The summed E-state index contributed by atoms with van der Waals surface area (Å²) in [4.78, 5) is 16.6. The van der Waals surface area contributed by atoms with Crippen LogP contribution in [-0.4, -0.2) is 57.0 Å². The van der Waals surface area contributed by atoms with Gasteiger partial charge in [0.25, 0.3) is 0 Å². The molecule has 0 N–H and O–H groups in total. The summed E-state index contributed by atoms with van der Waals surface area (Å²) in [5, 5.41) is 12.7. The quantitative estimate of drug-likeness (QED) is 0.836. The minimum atomic E-state index is 0.157. The number of aromatic nitrogens is 4. The fourth-order valence-electron chi connectivity index (χ4n) is 3.07. The summed E-state index contributed by atoms with van der Waals surface area (Å²) in [5.41, 5.74) is 0. The highest BCUT2D eigenvalue weighted by molar-refractivity contribution is 5.79. The number of amides is 1. The summed E-state index contributed by atoms with van der Waals surface area (Å²) >= 11 is 0. The van der Waals surface area contributed by atoms with Crippen molar-refractivity contribution in [1.29, 1.82) is 0 Å². The minimum absolute atomic E-state index is 0.157. The normalized spacial score (nSPS) is 15.1. The fourth-order valence-corrected chi connectivity index (χ4v) is 3.07. The van der Waals surface area contributed by atoms with Gasteiger partial charge in [-0.05, 0) is 31.0 Å². The number of carbonyl (C=O) groups excluding carboxylic acids is 1. The Morgan fingerprint density at radius 3 is 2.29 bits per heavy atom. The topological polar surface area (TPSA) is 67.2 Å². The highest BCUT2D eigenvalue weighted by Crippen LogP contribution is 2.17. The Hall–Kier alpha value is -2.44. The van der Waals surface area contributed by atoms with Gasteiger partial charge in [0.05, 0.1) is 0 Å². The van der Waals surface area contributed by atoms with E-state index in [1.54, 1.807) is 10.9 Å². The number of nitrogens with zero attached hydrogens (tertiary/aromatic N) is 6. The summed E-state index contributed by atoms with van der Waals surface area (Å²) in [6.45, 7) is 7.25. The van der Waals surface area contributed by atoms with E-state index >= 15 is 0 Å². The van der Waals surface area contributed by atoms with Crippen LogP contribution in [0.25, 0.3) is 5.82 Å². The number of carbonyl (C=O) groups is 1. The second kappa shape index (κ2) is 7.42. The van der Waals surface area contributed by atoms with E-state index in [4.69, 9.17) is 0 Å². The van der Waals surface area contributed by atoms with Crippen LogP contribution in [0.15, 0.2) is 30.6 Å². The van der Waals surface area contributed by atoms with Gasteiger partial charge in [-0.15, -0.1) is 10.2 Å². The lowest BCUT2D eigenvalue weighted by molar-refractivity contribution is -0.136. The van der Waals surface area contributed by atoms with E-state index in [1.807, 2.05) is 29.3 Å². The predicted molar refractivity (Wildman–Crippen MR) is 92.0 cm³/mol. The Bertz CT molecular complexity index is 642. The SMILES string of the molecule is CCC(CC)C(=O)N1CCN(c2ccc(-n3cccn3)nn2)CC1. The monoisotopic (exact) mass is 328 g/mol. The molecule has 0 unspecified atom stereocenters. The highest BCUT2D eigenvalue weighted by atomic mass is 16.2. The molecule has 0 saturated carbocycles. The number of hydrogen-bond donors (Lipinski definition) is 0. The molecule has 24 heavy (non-hydrogen) atoms. The second-order valence-corrected chi connectivity index (χ2v) is 6.03. The maximum atomic E-state index is 12.4. The van der Waals surface area contributed by atoms with Gasteiger partial charge in [-0.25, -0.2) is 4.68 Å². The zero-order chi connectivity index (χ0) is 16.9. The van der Waals surface area contributed by atoms with E-state index in [0.717, 1.165) is 44.8 Å². The van der Waals surface area contributed by atoms with Crippen LogP contribution in [0, 0.1) is 5.92 Å². The van der Waals surface area contributed by atoms with E-state index in [0.29, 0.717) is 11.7 Å². The van der Waals surface area contributed by atoms with Gasteiger partial charge in [0.15, 0.2) is 11.6 Å². The minimum Gasteiger partial charge on any atom is -0.352 e. The highest BCUT2D eigenvalue weighted by Gasteiger charge is 2.26. The van der Waals surface area contributed by atoms with Crippen molar-refractivity contribution in [2.45, 2.75) is 26.7 Å². The van der Waals surface area contributed by atoms with Crippen LogP contribution in [0.3, 0.4) is 0 Å². The molecule has 128 valence electrons. The first-order chi connectivity index (χ1) is 11.7. The van der Waals surface area contributed by atoms with Gasteiger partial charge >= 0.3 is 0 Å². The molecular formula is C17H24N6O. The number of anilines is 1. The van der Waals surface area contributed by atoms with Gasteiger partial charge in [-0.1, -0.05) is 13.8 Å². The van der Waals surface area contributed by atoms with Gasteiger partial charge < -0.3 is 9.80 Å². The van der Waals surface area contributed by atoms with Crippen molar-refractivity contribution < 1.29 is 4.79 Å². The van der Waals surface area contributed by atoms with E-state index in [2.05, 4.69) is 34.0 Å². The average Bonchev–Trinajstić information content (AvgIpc) is 3.18. The van der Waals surface area contributed by atoms with Crippen molar-refractivity contribution in [1.82, 2.24) is 24.9 Å². The smallest absolute Gasteiger partial charge is 0.225 e. The molecule has 1 aliphatic rings. The van der Waals surface area contributed by atoms with Crippen LogP contribution < -0.4 is 4.90 Å². The summed E-state index contributed by atoms with van der Waals surface area (Å²) in [5.74, 6) is 2.00. The van der Waals surface area contributed by atoms with Gasteiger partial charge in [0.1, 0.15) is 0 Å². The Kier molecular flexibility index (Phi) is 5.08. The van der Waals surface area contributed by atoms with Crippen molar-refractivity contribution in [3.63, 3.8) is 0 Å². The second-order valence-electron chi connectivity index (χ2n) is 6.03. The molecule has 7 nitrogen and oxygen atoms in total. The van der Waals surface area contributed by atoms with E-state index in [-0.39, 0.29) is 5.92 Å². The third kappa shape index (κ3) is 3.39. The molecule has 1 aliphatic heterocycles. The standard InChI is InChI=1S/C17H24N6O/c1-3-14(4-2)17(24)22-12-10-21(11-13-22)15-6-7-16(20-19-15)23-9-5-8-18-23/h5-9,14H,3-4,10-13H2,1-2H3. The Labute approximate surface area is 142 Å². The van der Waals surface area contributed by atoms with Crippen molar-refractivity contribution in [2.24, 2.45) is 5.92 Å². The van der Waals surface area contributed by atoms with Gasteiger partial charge in [-0.2, -0.15) is 5.10 Å². The zero-order valence-electron chi connectivity index (χ0n) is 14.3. The maximum absolute atomic E-state index is 12.4.